The van der Waals surface area contributed by atoms with Gasteiger partial charge < -0.3 is 5.11 Å². The maximum absolute atomic E-state index is 12.7. The van der Waals surface area contributed by atoms with Crippen LogP contribution < -0.4 is 0 Å². The molecule has 1 aromatic rings. The second-order valence-electron chi connectivity index (χ2n) is 5.30. The Morgan fingerprint density at radius 1 is 1.20 bits per heavy atom. The van der Waals surface area contributed by atoms with Crippen molar-refractivity contribution in [3.05, 3.63) is 28.8 Å². The first kappa shape index (κ1) is 17.8. The largest absolute Gasteiger partial charge is 0.478 e. The lowest BCUT2D eigenvalue weighted by molar-refractivity contribution is 0.0695. The van der Waals surface area contributed by atoms with Crippen LogP contribution in [-0.2, 0) is 14.6 Å². The van der Waals surface area contributed by atoms with Crippen LogP contribution >= 0.6 is 34.8 Å². The fourth-order valence-corrected chi connectivity index (χ4v) is 3.75. The Morgan fingerprint density at radius 3 is 2.05 bits per heavy atom. The molecule has 0 aliphatic rings. The van der Waals surface area contributed by atoms with E-state index in [1.807, 2.05) is 0 Å². The van der Waals surface area contributed by atoms with Gasteiger partial charge in [-0.1, -0.05) is 40.9 Å². The third-order valence-electron chi connectivity index (χ3n) is 2.68. The van der Waals surface area contributed by atoms with Gasteiger partial charge in [0, 0.05) is 10.3 Å². The molecule has 7 heteroatoms. The van der Waals surface area contributed by atoms with E-state index < -0.39 is 25.3 Å². The summed E-state index contributed by atoms with van der Waals surface area (Å²) in [4.78, 5) is 11.5. The Bertz CT molecular complexity index is 571. The molecule has 3 nitrogen and oxygen atoms in total. The lowest BCUT2D eigenvalue weighted by atomic mass is 10.1. The Labute approximate surface area is 135 Å². The number of aromatic carboxylic acids is 1. The van der Waals surface area contributed by atoms with Gasteiger partial charge in [-0.3, -0.25) is 4.21 Å². The van der Waals surface area contributed by atoms with E-state index in [0.717, 1.165) is 0 Å². The molecule has 0 radical (unpaired) electrons. The molecule has 0 heterocycles. The van der Waals surface area contributed by atoms with Crippen molar-refractivity contribution in [3.8, 4) is 0 Å². The molecule has 112 valence electrons. The highest BCUT2D eigenvalue weighted by molar-refractivity contribution is 7.86. The fourth-order valence-electron chi connectivity index (χ4n) is 1.69. The maximum atomic E-state index is 12.7. The molecule has 0 aliphatic carbocycles. The number of carboxylic acids is 1. The number of hydrogen-bond donors (Lipinski definition) is 1. The van der Waals surface area contributed by atoms with Crippen molar-refractivity contribution in [1.29, 1.82) is 0 Å². The quantitative estimate of drug-likeness (QED) is 0.797. The third-order valence-corrected chi connectivity index (χ3v) is 5.30. The highest BCUT2D eigenvalue weighted by Crippen LogP contribution is 2.43. The number of alkyl halides is 3. The van der Waals surface area contributed by atoms with Gasteiger partial charge in [0.15, 0.2) is 0 Å². The predicted molar refractivity (Wildman–Crippen MR) is 83.5 cm³/mol. The molecule has 1 aromatic carbocycles. The molecule has 0 saturated carbocycles. The molecule has 0 fully saturated rings. The average Bonchev–Trinajstić information content (AvgIpc) is 2.24. The van der Waals surface area contributed by atoms with Gasteiger partial charge in [-0.25, -0.2) is 4.79 Å². The SMILES string of the molecule is Cc1c(C(=O)O)ccc(C(Cl)(Cl)Cl)c1[S@](=O)C(C)(C)C. The first-order valence-corrected chi connectivity index (χ1v) is 8.01. The minimum absolute atomic E-state index is 0.0515. The van der Waals surface area contributed by atoms with Crippen molar-refractivity contribution in [2.75, 3.05) is 0 Å². The number of carboxylic acid groups (broad SMARTS) is 1. The first-order chi connectivity index (χ1) is 8.87. The van der Waals surface area contributed by atoms with E-state index in [-0.39, 0.29) is 16.0 Å². The van der Waals surface area contributed by atoms with Crippen LogP contribution in [0.2, 0.25) is 0 Å². The summed E-state index contributed by atoms with van der Waals surface area (Å²) in [6.45, 7) is 6.90. The van der Waals surface area contributed by atoms with Gasteiger partial charge in [0.2, 0.25) is 3.79 Å². The fraction of sp³-hybridized carbons (Fsp3) is 0.462. The summed E-state index contributed by atoms with van der Waals surface area (Å²) in [6.07, 6.45) is 0. The van der Waals surface area contributed by atoms with Gasteiger partial charge in [0.1, 0.15) is 0 Å². The Morgan fingerprint density at radius 2 is 1.70 bits per heavy atom. The molecule has 0 aliphatic heterocycles. The molecule has 0 unspecified atom stereocenters. The standard InChI is InChI=1S/C13H15Cl3O3S/c1-7-8(11(17)18)5-6-9(13(14,15)16)10(7)20(19)12(2,3)4/h5-6H,1-4H3,(H,17,18)/t20-/m0/s1. The lowest BCUT2D eigenvalue weighted by Crippen LogP contribution is -2.25. The molecule has 1 atom stereocenters. The summed E-state index contributed by atoms with van der Waals surface area (Å²) in [5.41, 5.74) is 0.656. The molecule has 0 saturated heterocycles. The van der Waals surface area contributed by atoms with E-state index >= 15 is 0 Å². The van der Waals surface area contributed by atoms with Crippen molar-refractivity contribution < 1.29 is 14.1 Å². The zero-order chi connectivity index (χ0) is 15.9. The van der Waals surface area contributed by atoms with Gasteiger partial charge in [-0.15, -0.1) is 0 Å². The van der Waals surface area contributed by atoms with Crippen molar-refractivity contribution in [3.63, 3.8) is 0 Å². The van der Waals surface area contributed by atoms with Crippen LogP contribution in [0, 0.1) is 6.92 Å². The zero-order valence-corrected chi connectivity index (χ0v) is 14.5. The zero-order valence-electron chi connectivity index (χ0n) is 11.5. The second-order valence-corrected chi connectivity index (χ2v) is 9.75. The minimum atomic E-state index is -1.77. The van der Waals surface area contributed by atoms with Gasteiger partial charge in [-0.05, 0) is 39.3 Å². The molecule has 1 rings (SSSR count). The van der Waals surface area contributed by atoms with Crippen LogP contribution in [0.1, 0.15) is 42.3 Å². The predicted octanol–water partition coefficient (Wildman–Crippen LogP) is 4.43. The van der Waals surface area contributed by atoms with Gasteiger partial charge in [0.05, 0.1) is 21.3 Å². The summed E-state index contributed by atoms with van der Waals surface area (Å²) in [5.74, 6) is -1.11. The number of carbonyl (C=O) groups is 1. The normalized spacial score (nSPS) is 14.2. The van der Waals surface area contributed by atoms with Crippen LogP contribution in [0.5, 0.6) is 0 Å². The molecular weight excluding hydrogens is 343 g/mol. The highest BCUT2D eigenvalue weighted by atomic mass is 35.6. The number of benzene rings is 1. The monoisotopic (exact) mass is 356 g/mol. The van der Waals surface area contributed by atoms with Crippen molar-refractivity contribution in [1.82, 2.24) is 0 Å². The van der Waals surface area contributed by atoms with E-state index in [1.54, 1.807) is 27.7 Å². The van der Waals surface area contributed by atoms with E-state index in [1.165, 1.54) is 12.1 Å². The molecule has 0 aromatic heterocycles. The molecule has 0 amide bonds. The lowest BCUT2D eigenvalue weighted by Gasteiger charge is -2.25. The van der Waals surface area contributed by atoms with Gasteiger partial charge in [-0.2, -0.15) is 0 Å². The van der Waals surface area contributed by atoms with Gasteiger partial charge in [0.25, 0.3) is 0 Å². The van der Waals surface area contributed by atoms with Crippen molar-refractivity contribution in [2.24, 2.45) is 0 Å². The summed E-state index contributed by atoms with van der Waals surface area (Å²) in [7, 11) is -1.51. The molecule has 0 spiro atoms. The topological polar surface area (TPSA) is 54.4 Å². The van der Waals surface area contributed by atoms with E-state index in [9.17, 15) is 14.1 Å². The summed E-state index contributed by atoms with van der Waals surface area (Å²) >= 11 is 17.7. The molecule has 1 N–H and O–H groups in total. The Hall–Kier alpha value is -0.290. The smallest absolute Gasteiger partial charge is 0.335 e. The second kappa shape index (κ2) is 5.84. The van der Waals surface area contributed by atoms with Crippen LogP contribution in [0.3, 0.4) is 0 Å². The van der Waals surface area contributed by atoms with Crippen LogP contribution in [0.25, 0.3) is 0 Å². The maximum Gasteiger partial charge on any atom is 0.335 e. The number of rotatable bonds is 2. The Kier molecular flexibility index (Phi) is 5.18. The van der Waals surface area contributed by atoms with E-state index in [0.29, 0.717) is 5.56 Å². The van der Waals surface area contributed by atoms with Crippen LogP contribution in [-0.4, -0.2) is 20.0 Å². The van der Waals surface area contributed by atoms with Crippen molar-refractivity contribution in [2.45, 2.75) is 41.1 Å². The van der Waals surface area contributed by atoms with Crippen molar-refractivity contribution >= 4 is 51.6 Å². The van der Waals surface area contributed by atoms with Gasteiger partial charge >= 0.3 is 5.97 Å². The number of halogens is 3. The minimum Gasteiger partial charge on any atom is -0.478 e. The highest BCUT2D eigenvalue weighted by Gasteiger charge is 2.34. The first-order valence-electron chi connectivity index (χ1n) is 5.73. The number of hydrogen-bond acceptors (Lipinski definition) is 2. The summed E-state index contributed by atoms with van der Waals surface area (Å²) in [6, 6.07) is 2.76. The molecule has 20 heavy (non-hydrogen) atoms. The average molecular weight is 358 g/mol. The Balaban J connectivity index is 3.71. The van der Waals surface area contributed by atoms with Crippen LogP contribution in [0.4, 0.5) is 0 Å². The summed E-state index contributed by atoms with van der Waals surface area (Å²) < 4.78 is 10.3. The van der Waals surface area contributed by atoms with E-state index in [4.69, 9.17) is 34.8 Å². The molecular formula is C13H15Cl3O3S. The summed E-state index contributed by atoms with van der Waals surface area (Å²) in [5, 5.41) is 9.17. The van der Waals surface area contributed by atoms with Crippen LogP contribution in [0.15, 0.2) is 17.0 Å². The van der Waals surface area contributed by atoms with E-state index in [2.05, 4.69) is 0 Å². The molecule has 0 bridgehead atoms. The third kappa shape index (κ3) is 3.67.